The summed E-state index contributed by atoms with van der Waals surface area (Å²) in [5.74, 6) is 0.847. The molecular formula is C22H22F2N6O. The Morgan fingerprint density at radius 3 is 2.61 bits per heavy atom. The maximum Gasteiger partial charge on any atom is 0.244 e. The first-order valence-electron chi connectivity index (χ1n) is 9.59. The average molecular weight is 424 g/mol. The van der Waals surface area contributed by atoms with E-state index in [1.54, 1.807) is 19.2 Å². The van der Waals surface area contributed by atoms with Crippen LogP contribution in [0.25, 0.3) is 6.08 Å². The number of benzene rings is 1. The summed E-state index contributed by atoms with van der Waals surface area (Å²) in [5, 5.41) is 8.90. The van der Waals surface area contributed by atoms with Crippen molar-refractivity contribution in [3.05, 3.63) is 77.3 Å². The lowest BCUT2D eigenvalue weighted by atomic mass is 10.2. The normalized spacial score (nSPS) is 10.8. The van der Waals surface area contributed by atoms with Gasteiger partial charge in [0, 0.05) is 37.0 Å². The molecule has 0 saturated heterocycles. The van der Waals surface area contributed by atoms with Gasteiger partial charge in [-0.2, -0.15) is 0 Å². The van der Waals surface area contributed by atoms with Crippen LogP contribution in [0, 0.1) is 25.5 Å². The first-order valence-corrected chi connectivity index (χ1v) is 9.59. The second-order valence-electron chi connectivity index (χ2n) is 6.75. The summed E-state index contributed by atoms with van der Waals surface area (Å²) in [6.07, 6.45) is 4.10. The standard InChI is InChI=1S/C22H22F2N6O/c1-14-7-8-25-19(11-14)30-21-13-20(28-15(2)29-21)26-9-10-27-22(31)6-3-16-12-17(23)4-5-18(16)24/h3-8,11-13H,9-10H2,1-2H3,(H,27,31)(H2,25,26,28,29,30)/b6-3+. The summed E-state index contributed by atoms with van der Waals surface area (Å²) in [6, 6.07) is 8.61. The van der Waals surface area contributed by atoms with E-state index >= 15 is 0 Å². The van der Waals surface area contributed by atoms with E-state index in [-0.39, 0.29) is 5.56 Å². The molecule has 0 fully saturated rings. The van der Waals surface area contributed by atoms with Gasteiger partial charge < -0.3 is 16.0 Å². The zero-order valence-corrected chi connectivity index (χ0v) is 17.1. The third kappa shape index (κ3) is 6.84. The molecule has 0 atom stereocenters. The average Bonchev–Trinajstić information content (AvgIpc) is 2.71. The highest BCUT2D eigenvalue weighted by Gasteiger charge is 2.04. The molecule has 0 aliphatic carbocycles. The quantitative estimate of drug-likeness (QED) is 0.377. The predicted octanol–water partition coefficient (Wildman–Crippen LogP) is 3.75. The third-order valence-corrected chi connectivity index (χ3v) is 4.11. The summed E-state index contributed by atoms with van der Waals surface area (Å²) in [7, 11) is 0. The Hall–Kier alpha value is -3.88. The van der Waals surface area contributed by atoms with Crippen LogP contribution in [0.15, 0.2) is 48.7 Å². The Balaban J connectivity index is 1.50. The van der Waals surface area contributed by atoms with Gasteiger partial charge in [0.1, 0.15) is 34.9 Å². The Morgan fingerprint density at radius 2 is 1.81 bits per heavy atom. The fourth-order valence-electron chi connectivity index (χ4n) is 2.70. The molecule has 1 amide bonds. The highest BCUT2D eigenvalue weighted by molar-refractivity contribution is 5.91. The summed E-state index contributed by atoms with van der Waals surface area (Å²) in [4.78, 5) is 24.8. The number of carbonyl (C=O) groups is 1. The third-order valence-electron chi connectivity index (χ3n) is 4.11. The van der Waals surface area contributed by atoms with Crippen molar-refractivity contribution < 1.29 is 13.6 Å². The molecule has 31 heavy (non-hydrogen) atoms. The van der Waals surface area contributed by atoms with E-state index in [1.807, 2.05) is 19.1 Å². The Kier molecular flexibility index (Phi) is 7.21. The largest absolute Gasteiger partial charge is 0.368 e. The number of rotatable bonds is 8. The van der Waals surface area contributed by atoms with Crippen LogP contribution in [-0.2, 0) is 4.79 Å². The zero-order valence-electron chi connectivity index (χ0n) is 17.1. The summed E-state index contributed by atoms with van der Waals surface area (Å²) >= 11 is 0. The van der Waals surface area contributed by atoms with Crippen molar-refractivity contribution in [2.45, 2.75) is 13.8 Å². The first-order chi connectivity index (χ1) is 14.9. The number of anilines is 3. The van der Waals surface area contributed by atoms with E-state index in [2.05, 4.69) is 30.9 Å². The molecule has 0 saturated carbocycles. The Bertz CT molecular complexity index is 1100. The van der Waals surface area contributed by atoms with E-state index in [0.717, 1.165) is 29.8 Å². The number of hydrogen-bond acceptors (Lipinski definition) is 6. The van der Waals surface area contributed by atoms with Gasteiger partial charge in [0.05, 0.1) is 0 Å². The molecule has 0 spiro atoms. The van der Waals surface area contributed by atoms with Crippen molar-refractivity contribution in [3.8, 4) is 0 Å². The number of nitrogens with one attached hydrogen (secondary N) is 3. The molecule has 1 aromatic carbocycles. The van der Waals surface area contributed by atoms with Crippen molar-refractivity contribution in [1.82, 2.24) is 20.3 Å². The number of amides is 1. The van der Waals surface area contributed by atoms with Crippen LogP contribution in [0.2, 0.25) is 0 Å². The first kappa shape index (κ1) is 21.8. The topological polar surface area (TPSA) is 91.8 Å². The van der Waals surface area contributed by atoms with E-state index in [0.29, 0.717) is 36.4 Å². The van der Waals surface area contributed by atoms with Crippen LogP contribution in [0.4, 0.5) is 26.2 Å². The van der Waals surface area contributed by atoms with Crippen LogP contribution < -0.4 is 16.0 Å². The molecule has 3 rings (SSSR count). The van der Waals surface area contributed by atoms with Crippen molar-refractivity contribution in [2.24, 2.45) is 0 Å². The molecule has 3 N–H and O–H groups in total. The number of nitrogens with zero attached hydrogens (tertiary/aromatic N) is 3. The second-order valence-corrected chi connectivity index (χ2v) is 6.75. The van der Waals surface area contributed by atoms with E-state index in [1.165, 1.54) is 6.08 Å². The molecule has 0 unspecified atom stereocenters. The van der Waals surface area contributed by atoms with Gasteiger partial charge in [-0.05, 0) is 55.8 Å². The summed E-state index contributed by atoms with van der Waals surface area (Å²) in [5.41, 5.74) is 1.08. The lowest BCUT2D eigenvalue weighted by molar-refractivity contribution is -0.116. The van der Waals surface area contributed by atoms with Gasteiger partial charge in [-0.25, -0.2) is 23.7 Å². The number of aryl methyl sites for hydroxylation is 2. The van der Waals surface area contributed by atoms with Crippen molar-refractivity contribution in [3.63, 3.8) is 0 Å². The maximum atomic E-state index is 13.6. The molecule has 0 aliphatic rings. The number of halogens is 2. The Labute approximate surface area is 178 Å². The molecule has 2 aromatic heterocycles. The molecule has 0 radical (unpaired) electrons. The van der Waals surface area contributed by atoms with E-state index in [9.17, 15) is 13.6 Å². The number of pyridine rings is 1. The fraction of sp³-hybridized carbons (Fsp3) is 0.182. The Morgan fingerprint density at radius 1 is 1.00 bits per heavy atom. The van der Waals surface area contributed by atoms with Gasteiger partial charge >= 0.3 is 0 Å². The smallest absolute Gasteiger partial charge is 0.244 e. The highest BCUT2D eigenvalue weighted by Crippen LogP contribution is 2.16. The van der Waals surface area contributed by atoms with Crippen LogP contribution in [0.1, 0.15) is 17.0 Å². The molecule has 2 heterocycles. The molecule has 0 bridgehead atoms. The van der Waals surface area contributed by atoms with Crippen LogP contribution >= 0.6 is 0 Å². The van der Waals surface area contributed by atoms with Crippen molar-refractivity contribution in [1.29, 1.82) is 0 Å². The monoisotopic (exact) mass is 424 g/mol. The predicted molar refractivity (Wildman–Crippen MR) is 116 cm³/mol. The van der Waals surface area contributed by atoms with Crippen molar-refractivity contribution >= 4 is 29.4 Å². The molecular weight excluding hydrogens is 402 g/mol. The van der Waals surface area contributed by atoms with Gasteiger partial charge in [-0.3, -0.25) is 4.79 Å². The van der Waals surface area contributed by atoms with Crippen LogP contribution in [0.5, 0.6) is 0 Å². The van der Waals surface area contributed by atoms with Gasteiger partial charge in [0.25, 0.3) is 0 Å². The van der Waals surface area contributed by atoms with Gasteiger partial charge in [-0.1, -0.05) is 0 Å². The molecule has 3 aromatic rings. The minimum absolute atomic E-state index is 0.00728. The molecule has 0 aliphatic heterocycles. The molecule has 160 valence electrons. The SMILES string of the molecule is Cc1ccnc(Nc2cc(NCCNC(=O)/C=C/c3cc(F)ccc3F)nc(C)n2)c1. The maximum absolute atomic E-state index is 13.6. The zero-order chi connectivity index (χ0) is 22.2. The minimum Gasteiger partial charge on any atom is -0.368 e. The lowest BCUT2D eigenvalue weighted by Gasteiger charge is -2.10. The van der Waals surface area contributed by atoms with E-state index in [4.69, 9.17) is 0 Å². The number of carbonyl (C=O) groups excluding carboxylic acids is 1. The molecule has 9 heteroatoms. The number of aromatic nitrogens is 3. The number of hydrogen-bond donors (Lipinski definition) is 3. The molecule has 7 nitrogen and oxygen atoms in total. The van der Waals surface area contributed by atoms with Crippen LogP contribution in [-0.4, -0.2) is 33.9 Å². The van der Waals surface area contributed by atoms with Gasteiger partial charge in [0.15, 0.2) is 0 Å². The van der Waals surface area contributed by atoms with E-state index < -0.39 is 17.5 Å². The summed E-state index contributed by atoms with van der Waals surface area (Å²) < 4.78 is 26.7. The lowest BCUT2D eigenvalue weighted by Crippen LogP contribution is -2.27. The minimum atomic E-state index is -0.600. The summed E-state index contributed by atoms with van der Waals surface area (Å²) in [6.45, 7) is 4.47. The van der Waals surface area contributed by atoms with Crippen molar-refractivity contribution in [2.75, 3.05) is 23.7 Å². The highest BCUT2D eigenvalue weighted by atomic mass is 19.1. The van der Waals surface area contributed by atoms with Gasteiger partial charge in [-0.15, -0.1) is 0 Å². The fourth-order valence-corrected chi connectivity index (χ4v) is 2.70. The van der Waals surface area contributed by atoms with Crippen LogP contribution in [0.3, 0.4) is 0 Å². The second kappa shape index (κ2) is 10.2. The van der Waals surface area contributed by atoms with Gasteiger partial charge in [0.2, 0.25) is 5.91 Å².